The average molecular weight is 432 g/mol. The number of rotatable bonds is 4. The Hall–Kier alpha value is -3.31. The van der Waals surface area contributed by atoms with Gasteiger partial charge < -0.3 is 9.47 Å². The highest BCUT2D eigenvalue weighted by Crippen LogP contribution is 2.33. The Labute approximate surface area is 166 Å². The van der Waals surface area contributed by atoms with Gasteiger partial charge in [0, 0.05) is 29.9 Å². The van der Waals surface area contributed by atoms with Crippen molar-refractivity contribution in [3.05, 3.63) is 47.3 Å². The number of aromatic nitrogens is 4. The van der Waals surface area contributed by atoms with E-state index >= 15 is 0 Å². The Morgan fingerprint density at radius 1 is 0.933 bits per heavy atom. The topological polar surface area (TPSA) is 62.1 Å². The zero-order chi connectivity index (χ0) is 22.3. The predicted molar refractivity (Wildman–Crippen MR) is 91.9 cm³/mol. The van der Waals surface area contributed by atoms with E-state index in [1.54, 1.807) is 13.8 Å². The lowest BCUT2D eigenvalue weighted by molar-refractivity contribution is -0.274. The van der Waals surface area contributed by atoms with Gasteiger partial charge in [-0.05, 0) is 38.1 Å². The minimum absolute atomic E-state index is 0.00941. The molecule has 0 unspecified atom stereocenters. The fraction of sp³-hybridized carbons (Fsp3) is 0.278. The Bertz CT molecular complexity index is 1060. The van der Waals surface area contributed by atoms with Crippen LogP contribution in [0.25, 0.3) is 11.4 Å². The molecule has 0 aliphatic carbocycles. The number of nitrogens with zero attached hydrogens (tertiary/aromatic N) is 4. The summed E-state index contributed by atoms with van der Waals surface area (Å²) < 4.78 is 85.7. The highest BCUT2D eigenvalue weighted by atomic mass is 19.4. The molecule has 6 nitrogen and oxygen atoms in total. The second-order valence-electron chi connectivity index (χ2n) is 6.23. The molecule has 3 rings (SSSR count). The molecule has 0 aliphatic heterocycles. The number of alkyl halides is 6. The van der Waals surface area contributed by atoms with Gasteiger partial charge in [-0.3, -0.25) is 0 Å². The first kappa shape index (κ1) is 21.4. The van der Waals surface area contributed by atoms with E-state index in [1.807, 2.05) is 0 Å². The summed E-state index contributed by atoms with van der Waals surface area (Å²) >= 11 is 0. The molecule has 0 bridgehead atoms. The fourth-order valence-electron chi connectivity index (χ4n) is 2.42. The van der Waals surface area contributed by atoms with E-state index < -0.39 is 24.0 Å². The van der Waals surface area contributed by atoms with Crippen LogP contribution in [0.4, 0.5) is 26.3 Å². The van der Waals surface area contributed by atoms with Crippen molar-refractivity contribution in [1.29, 1.82) is 0 Å². The summed E-state index contributed by atoms with van der Waals surface area (Å²) in [6.07, 6.45) is -9.46. The highest BCUT2D eigenvalue weighted by molar-refractivity contribution is 5.58. The normalized spacial score (nSPS) is 12.2. The van der Waals surface area contributed by atoms with Crippen LogP contribution in [0.15, 0.2) is 30.3 Å². The Balaban J connectivity index is 1.93. The summed E-state index contributed by atoms with van der Waals surface area (Å²) in [6.45, 7) is 3.26. The second kappa shape index (κ2) is 7.50. The average Bonchev–Trinajstić information content (AvgIpc) is 2.99. The van der Waals surface area contributed by atoms with Crippen molar-refractivity contribution in [2.24, 2.45) is 7.05 Å². The van der Waals surface area contributed by atoms with Crippen LogP contribution in [0.5, 0.6) is 17.5 Å². The Kier molecular flexibility index (Phi) is 5.35. The van der Waals surface area contributed by atoms with Gasteiger partial charge in [0.2, 0.25) is 11.8 Å². The largest absolute Gasteiger partial charge is 0.573 e. The molecular formula is C18H14F6N4O2. The molecule has 2 heterocycles. The molecule has 2 aromatic heterocycles. The van der Waals surface area contributed by atoms with Crippen LogP contribution < -0.4 is 9.47 Å². The van der Waals surface area contributed by atoms with E-state index in [4.69, 9.17) is 4.74 Å². The first-order valence-corrected chi connectivity index (χ1v) is 8.34. The minimum Gasteiger partial charge on any atom is -0.421 e. The molecule has 0 saturated carbocycles. The van der Waals surface area contributed by atoms with Crippen LogP contribution >= 0.6 is 0 Å². The van der Waals surface area contributed by atoms with E-state index in [0.717, 1.165) is 22.9 Å². The zero-order valence-electron chi connectivity index (χ0n) is 15.8. The van der Waals surface area contributed by atoms with Gasteiger partial charge in [-0.2, -0.15) is 23.3 Å². The fourth-order valence-corrected chi connectivity index (χ4v) is 2.42. The van der Waals surface area contributed by atoms with Crippen LogP contribution in [-0.4, -0.2) is 26.1 Å². The van der Waals surface area contributed by atoms with Crippen molar-refractivity contribution in [2.75, 3.05) is 0 Å². The minimum atomic E-state index is -4.82. The summed E-state index contributed by atoms with van der Waals surface area (Å²) in [4.78, 5) is 8.46. The number of hydrogen-bond acceptors (Lipinski definition) is 5. The molecule has 30 heavy (non-hydrogen) atoms. The first-order chi connectivity index (χ1) is 13.8. The third-order valence-corrected chi connectivity index (χ3v) is 4.02. The molecule has 0 amide bonds. The molecule has 12 heteroatoms. The SMILES string of the molecule is Cc1nc(-c2ccc(OC(F)(F)F)cc2)nc(Oc2cc(C(F)(F)F)nn2C)c1C. The Morgan fingerprint density at radius 2 is 1.57 bits per heavy atom. The van der Waals surface area contributed by atoms with Gasteiger partial charge in [0.25, 0.3) is 0 Å². The molecule has 0 atom stereocenters. The van der Waals surface area contributed by atoms with Crippen LogP contribution in [0.3, 0.4) is 0 Å². The summed E-state index contributed by atoms with van der Waals surface area (Å²) in [5, 5.41) is 3.37. The second-order valence-corrected chi connectivity index (χ2v) is 6.23. The van der Waals surface area contributed by atoms with Gasteiger partial charge in [0.1, 0.15) is 5.75 Å². The third kappa shape index (κ3) is 4.81. The smallest absolute Gasteiger partial charge is 0.421 e. The standard InChI is InChI=1S/C18H14F6N4O2/c1-9-10(2)25-15(11-4-6-12(7-5-11)30-18(22,23)24)26-16(9)29-14-8-13(17(19,20)21)27-28(14)3/h4-8H,1-3H3. The van der Waals surface area contributed by atoms with Crippen LogP contribution in [0.2, 0.25) is 0 Å². The van der Waals surface area contributed by atoms with Gasteiger partial charge >= 0.3 is 12.5 Å². The van der Waals surface area contributed by atoms with Crippen LogP contribution in [0, 0.1) is 13.8 Å². The summed E-state index contributed by atoms with van der Waals surface area (Å²) in [7, 11) is 1.29. The maximum Gasteiger partial charge on any atom is 0.573 e. The maximum atomic E-state index is 12.8. The molecule has 3 aromatic rings. The van der Waals surface area contributed by atoms with Crippen molar-refractivity contribution in [1.82, 2.24) is 19.7 Å². The number of aryl methyl sites for hydroxylation is 2. The summed E-state index contributed by atoms with van der Waals surface area (Å²) in [5.41, 5.74) is 0.191. The third-order valence-electron chi connectivity index (χ3n) is 4.02. The van der Waals surface area contributed by atoms with Gasteiger partial charge in [-0.15, -0.1) is 13.2 Å². The van der Waals surface area contributed by atoms with Gasteiger partial charge in [-0.25, -0.2) is 9.67 Å². The molecule has 0 aliphatic rings. The van der Waals surface area contributed by atoms with E-state index in [0.29, 0.717) is 16.8 Å². The molecule has 0 spiro atoms. The quantitative estimate of drug-likeness (QED) is 0.530. The molecule has 1 aromatic carbocycles. The Morgan fingerprint density at radius 3 is 2.10 bits per heavy atom. The highest BCUT2D eigenvalue weighted by Gasteiger charge is 2.35. The van der Waals surface area contributed by atoms with E-state index in [1.165, 1.54) is 19.2 Å². The zero-order valence-corrected chi connectivity index (χ0v) is 15.8. The lowest BCUT2D eigenvalue weighted by Crippen LogP contribution is -2.16. The van der Waals surface area contributed by atoms with Crippen LogP contribution in [0.1, 0.15) is 17.0 Å². The number of ether oxygens (including phenoxy) is 2. The van der Waals surface area contributed by atoms with E-state index in [2.05, 4.69) is 19.8 Å². The maximum absolute atomic E-state index is 12.8. The van der Waals surface area contributed by atoms with Crippen LogP contribution in [-0.2, 0) is 13.2 Å². The van der Waals surface area contributed by atoms with Crippen molar-refractivity contribution in [3.8, 4) is 28.9 Å². The molecular weight excluding hydrogens is 418 g/mol. The molecule has 0 saturated heterocycles. The van der Waals surface area contributed by atoms with E-state index in [9.17, 15) is 26.3 Å². The predicted octanol–water partition coefficient (Wildman–Crippen LogP) is 5.20. The van der Waals surface area contributed by atoms with Gasteiger partial charge in [0.05, 0.1) is 0 Å². The summed E-state index contributed by atoms with van der Waals surface area (Å²) in [6, 6.07) is 5.57. The number of halogens is 6. The van der Waals surface area contributed by atoms with Crippen molar-refractivity contribution in [2.45, 2.75) is 26.4 Å². The van der Waals surface area contributed by atoms with Crippen molar-refractivity contribution < 1.29 is 35.8 Å². The number of hydrogen-bond donors (Lipinski definition) is 0. The molecule has 0 N–H and O–H groups in total. The number of benzene rings is 1. The molecule has 0 fully saturated rings. The lowest BCUT2D eigenvalue weighted by Gasteiger charge is -2.12. The molecule has 0 radical (unpaired) electrons. The van der Waals surface area contributed by atoms with Gasteiger partial charge in [0.15, 0.2) is 11.5 Å². The molecule has 160 valence electrons. The van der Waals surface area contributed by atoms with Crippen molar-refractivity contribution >= 4 is 0 Å². The van der Waals surface area contributed by atoms with Gasteiger partial charge in [-0.1, -0.05) is 0 Å². The lowest BCUT2D eigenvalue weighted by atomic mass is 10.2. The van der Waals surface area contributed by atoms with Crippen molar-refractivity contribution in [3.63, 3.8) is 0 Å². The first-order valence-electron chi connectivity index (χ1n) is 8.34. The van der Waals surface area contributed by atoms with E-state index in [-0.39, 0.29) is 17.6 Å². The summed E-state index contributed by atoms with van der Waals surface area (Å²) in [5.74, 6) is -0.501. The monoisotopic (exact) mass is 432 g/mol.